The Labute approximate surface area is 102 Å². The third kappa shape index (κ3) is 3.61. The largest absolute Gasteiger partial charge is 0.507 e. The second-order valence-corrected chi connectivity index (χ2v) is 4.06. The second kappa shape index (κ2) is 6.47. The van der Waals surface area contributed by atoms with Crippen molar-refractivity contribution >= 4 is 0 Å². The predicted octanol–water partition coefficient (Wildman–Crippen LogP) is 2.13. The zero-order valence-corrected chi connectivity index (χ0v) is 10.7. The van der Waals surface area contributed by atoms with E-state index in [1.807, 2.05) is 25.8 Å². The van der Waals surface area contributed by atoms with Crippen molar-refractivity contribution in [1.29, 1.82) is 0 Å². The Morgan fingerprint density at radius 2 is 1.88 bits per heavy atom. The van der Waals surface area contributed by atoms with Gasteiger partial charge in [-0.05, 0) is 33.0 Å². The van der Waals surface area contributed by atoms with Gasteiger partial charge in [-0.3, -0.25) is 4.90 Å². The Morgan fingerprint density at radius 1 is 1.29 bits per heavy atom. The molecule has 0 radical (unpaired) electrons. The molecule has 1 unspecified atom stereocenters. The summed E-state index contributed by atoms with van der Waals surface area (Å²) >= 11 is 0. The normalized spacial score (nSPS) is 12.9. The topological polar surface area (TPSA) is 52.9 Å². The summed E-state index contributed by atoms with van der Waals surface area (Å²) in [5, 5.41) is 19.5. The Balaban J connectivity index is 2.71. The molecule has 0 heterocycles. The fraction of sp³-hybridized carbons (Fsp3) is 0.538. The highest BCUT2D eigenvalue weighted by Crippen LogP contribution is 2.34. The number of likely N-dealkylation sites (N-methyl/N-ethyl adjacent to an activating group) is 1. The van der Waals surface area contributed by atoms with E-state index in [1.54, 1.807) is 18.2 Å². The van der Waals surface area contributed by atoms with Crippen LogP contribution in [0.15, 0.2) is 18.2 Å². The van der Waals surface area contributed by atoms with Crippen LogP contribution in [0.3, 0.4) is 0 Å². The molecule has 4 nitrogen and oxygen atoms in total. The lowest BCUT2D eigenvalue weighted by Crippen LogP contribution is -2.26. The van der Waals surface area contributed by atoms with Crippen LogP contribution in [0.4, 0.5) is 0 Å². The van der Waals surface area contributed by atoms with Crippen LogP contribution >= 0.6 is 0 Å². The standard InChI is InChI=1S/C13H21NO3/c1-4-17-9-8-14(3)10(2)13-11(15)6-5-7-12(13)16/h5-7,10,15-16H,4,8-9H2,1-3H3. The second-order valence-electron chi connectivity index (χ2n) is 4.06. The van der Waals surface area contributed by atoms with Crippen molar-refractivity contribution < 1.29 is 14.9 Å². The minimum atomic E-state index is -0.0587. The number of phenolic OH excluding ortho intramolecular Hbond substituents is 2. The summed E-state index contributed by atoms with van der Waals surface area (Å²) in [6, 6.07) is 4.74. The summed E-state index contributed by atoms with van der Waals surface area (Å²) in [4.78, 5) is 2.03. The Bertz CT molecular complexity index is 334. The quantitative estimate of drug-likeness (QED) is 0.747. The molecule has 17 heavy (non-hydrogen) atoms. The molecule has 0 bridgehead atoms. The van der Waals surface area contributed by atoms with Crippen LogP contribution in [0.1, 0.15) is 25.5 Å². The van der Waals surface area contributed by atoms with Gasteiger partial charge in [0.25, 0.3) is 0 Å². The van der Waals surface area contributed by atoms with E-state index in [0.29, 0.717) is 18.8 Å². The van der Waals surface area contributed by atoms with Crippen LogP contribution < -0.4 is 0 Å². The summed E-state index contributed by atoms with van der Waals surface area (Å²) in [5.74, 6) is 0.251. The molecule has 0 aliphatic carbocycles. The Morgan fingerprint density at radius 3 is 2.41 bits per heavy atom. The van der Waals surface area contributed by atoms with Crippen LogP contribution in [0.25, 0.3) is 0 Å². The lowest BCUT2D eigenvalue weighted by molar-refractivity contribution is 0.109. The van der Waals surface area contributed by atoms with Gasteiger partial charge in [-0.2, -0.15) is 0 Å². The van der Waals surface area contributed by atoms with Crippen LogP contribution in [0.5, 0.6) is 11.5 Å². The van der Waals surface area contributed by atoms with Crippen molar-refractivity contribution in [2.24, 2.45) is 0 Å². The average molecular weight is 239 g/mol. The molecule has 0 spiro atoms. The van der Waals surface area contributed by atoms with Crippen LogP contribution in [-0.4, -0.2) is 41.9 Å². The van der Waals surface area contributed by atoms with E-state index < -0.39 is 0 Å². The van der Waals surface area contributed by atoms with E-state index in [4.69, 9.17) is 4.74 Å². The van der Waals surface area contributed by atoms with Crippen molar-refractivity contribution in [3.8, 4) is 11.5 Å². The maximum atomic E-state index is 9.76. The molecule has 0 saturated carbocycles. The van der Waals surface area contributed by atoms with E-state index in [2.05, 4.69) is 0 Å². The third-order valence-electron chi connectivity index (χ3n) is 2.93. The zero-order chi connectivity index (χ0) is 12.8. The number of aromatic hydroxyl groups is 2. The molecule has 0 aromatic heterocycles. The summed E-state index contributed by atoms with van der Waals surface area (Å²) in [7, 11) is 1.94. The molecule has 0 aliphatic heterocycles. The Kier molecular flexibility index (Phi) is 5.25. The van der Waals surface area contributed by atoms with Crippen molar-refractivity contribution in [1.82, 2.24) is 4.90 Å². The lowest BCUT2D eigenvalue weighted by Gasteiger charge is -2.26. The van der Waals surface area contributed by atoms with Gasteiger partial charge in [0, 0.05) is 19.2 Å². The molecule has 0 fully saturated rings. The predicted molar refractivity (Wildman–Crippen MR) is 67.3 cm³/mol. The first-order chi connectivity index (χ1) is 8.07. The van der Waals surface area contributed by atoms with Gasteiger partial charge >= 0.3 is 0 Å². The van der Waals surface area contributed by atoms with Gasteiger partial charge in [0.05, 0.1) is 12.2 Å². The fourth-order valence-corrected chi connectivity index (χ4v) is 1.74. The third-order valence-corrected chi connectivity index (χ3v) is 2.93. The number of benzene rings is 1. The minimum Gasteiger partial charge on any atom is -0.507 e. The molecule has 2 N–H and O–H groups in total. The van der Waals surface area contributed by atoms with Crippen LogP contribution in [-0.2, 0) is 4.74 Å². The summed E-state index contributed by atoms with van der Waals surface area (Å²) in [5.41, 5.74) is 0.562. The smallest absolute Gasteiger partial charge is 0.124 e. The van der Waals surface area contributed by atoms with Crippen molar-refractivity contribution in [2.75, 3.05) is 26.8 Å². The first-order valence-electron chi connectivity index (χ1n) is 5.86. The lowest BCUT2D eigenvalue weighted by atomic mass is 10.0. The Hall–Kier alpha value is -1.26. The minimum absolute atomic E-state index is 0.0587. The molecular weight excluding hydrogens is 218 g/mol. The molecule has 1 atom stereocenters. The number of phenols is 2. The van der Waals surface area contributed by atoms with E-state index >= 15 is 0 Å². The van der Waals surface area contributed by atoms with Gasteiger partial charge < -0.3 is 14.9 Å². The van der Waals surface area contributed by atoms with Gasteiger partial charge in [-0.25, -0.2) is 0 Å². The highest BCUT2D eigenvalue weighted by molar-refractivity contribution is 5.44. The van der Waals surface area contributed by atoms with Gasteiger partial charge in [-0.1, -0.05) is 6.07 Å². The molecule has 96 valence electrons. The molecule has 0 amide bonds. The van der Waals surface area contributed by atoms with Crippen molar-refractivity contribution in [2.45, 2.75) is 19.9 Å². The number of ether oxygens (including phenoxy) is 1. The monoisotopic (exact) mass is 239 g/mol. The van der Waals surface area contributed by atoms with Gasteiger partial charge in [0.15, 0.2) is 0 Å². The van der Waals surface area contributed by atoms with Crippen LogP contribution in [0, 0.1) is 0 Å². The molecule has 1 aromatic carbocycles. The number of hydrogen-bond donors (Lipinski definition) is 2. The van der Waals surface area contributed by atoms with Crippen LogP contribution in [0.2, 0.25) is 0 Å². The zero-order valence-electron chi connectivity index (χ0n) is 10.7. The number of rotatable bonds is 6. The van der Waals surface area contributed by atoms with E-state index in [9.17, 15) is 10.2 Å². The number of hydrogen-bond acceptors (Lipinski definition) is 4. The first kappa shape index (κ1) is 13.8. The van der Waals surface area contributed by atoms with Gasteiger partial charge in [0.2, 0.25) is 0 Å². The molecule has 1 rings (SSSR count). The van der Waals surface area contributed by atoms with Crippen molar-refractivity contribution in [3.63, 3.8) is 0 Å². The highest BCUT2D eigenvalue weighted by Gasteiger charge is 2.18. The summed E-state index contributed by atoms with van der Waals surface area (Å²) in [6.07, 6.45) is 0. The summed E-state index contributed by atoms with van der Waals surface area (Å²) < 4.78 is 5.28. The molecule has 1 aromatic rings. The first-order valence-corrected chi connectivity index (χ1v) is 5.86. The van der Waals surface area contributed by atoms with E-state index in [-0.39, 0.29) is 17.5 Å². The van der Waals surface area contributed by atoms with E-state index in [1.165, 1.54) is 0 Å². The highest BCUT2D eigenvalue weighted by atomic mass is 16.5. The maximum Gasteiger partial charge on any atom is 0.124 e. The van der Waals surface area contributed by atoms with Gasteiger partial charge in [0.1, 0.15) is 11.5 Å². The maximum absolute atomic E-state index is 9.76. The number of nitrogens with zero attached hydrogens (tertiary/aromatic N) is 1. The van der Waals surface area contributed by atoms with Gasteiger partial charge in [-0.15, -0.1) is 0 Å². The molecule has 0 saturated heterocycles. The van der Waals surface area contributed by atoms with E-state index in [0.717, 1.165) is 6.54 Å². The van der Waals surface area contributed by atoms with Crippen molar-refractivity contribution in [3.05, 3.63) is 23.8 Å². The fourth-order valence-electron chi connectivity index (χ4n) is 1.74. The molecule has 0 aliphatic rings. The molecular formula is C13H21NO3. The average Bonchev–Trinajstić information content (AvgIpc) is 2.28. The SMILES string of the molecule is CCOCCN(C)C(C)c1c(O)cccc1O. The summed E-state index contributed by atoms with van der Waals surface area (Å²) in [6.45, 7) is 6.00. The molecule has 4 heteroatoms.